The van der Waals surface area contributed by atoms with Crippen LogP contribution in [0.15, 0.2) is 39.7 Å². The minimum absolute atomic E-state index is 0.184. The van der Waals surface area contributed by atoms with Crippen molar-refractivity contribution < 1.29 is 14.3 Å². The van der Waals surface area contributed by atoms with E-state index in [9.17, 15) is 4.79 Å². The summed E-state index contributed by atoms with van der Waals surface area (Å²) in [7, 11) is 1.61. The zero-order valence-electron chi connectivity index (χ0n) is 11.6. The number of amides is 1. The lowest BCUT2D eigenvalue weighted by Crippen LogP contribution is -2.18. The monoisotopic (exact) mass is 302 g/mol. The van der Waals surface area contributed by atoms with Gasteiger partial charge >= 0.3 is 0 Å². The van der Waals surface area contributed by atoms with Gasteiger partial charge in [0, 0.05) is 5.56 Å². The van der Waals surface area contributed by atoms with Crippen LogP contribution in [0.5, 0.6) is 11.5 Å². The Bertz CT molecular complexity index is 707. The first-order valence-electron chi connectivity index (χ1n) is 6.42. The van der Waals surface area contributed by atoms with Crippen LogP contribution in [0.4, 0.5) is 0 Å². The Balaban J connectivity index is 1.99. The summed E-state index contributed by atoms with van der Waals surface area (Å²) in [6.45, 7) is 1.92. The maximum atomic E-state index is 11.7. The van der Waals surface area contributed by atoms with Crippen molar-refractivity contribution in [1.82, 2.24) is 0 Å². The molecule has 0 radical (unpaired) electrons. The van der Waals surface area contributed by atoms with E-state index in [1.807, 2.05) is 31.2 Å². The van der Waals surface area contributed by atoms with E-state index < -0.39 is 0 Å². The van der Waals surface area contributed by atoms with Crippen LogP contribution in [-0.4, -0.2) is 24.3 Å². The minimum atomic E-state index is -0.304. The first-order valence-corrected chi connectivity index (χ1v) is 7.23. The minimum Gasteiger partial charge on any atom is -0.493 e. The van der Waals surface area contributed by atoms with Gasteiger partial charge in [-0.1, -0.05) is 12.1 Å². The number of carbonyl (C=O) groups is 1. The normalized spacial score (nSPS) is 22.5. The molecule has 0 aromatic heterocycles. The Hall–Kier alpha value is -2.21. The molecule has 6 heteroatoms. The van der Waals surface area contributed by atoms with E-state index in [0.29, 0.717) is 10.7 Å². The summed E-state index contributed by atoms with van der Waals surface area (Å²) < 4.78 is 11.2. The number of nitrogens with zero attached hydrogens (tertiary/aromatic N) is 1. The number of benzene rings is 1. The van der Waals surface area contributed by atoms with Crippen LogP contribution in [0, 0.1) is 0 Å². The van der Waals surface area contributed by atoms with Crippen molar-refractivity contribution in [3.63, 3.8) is 0 Å². The summed E-state index contributed by atoms with van der Waals surface area (Å²) in [6, 6.07) is 5.69. The first kappa shape index (κ1) is 13.8. The van der Waals surface area contributed by atoms with Crippen molar-refractivity contribution >= 4 is 28.9 Å². The predicted octanol–water partition coefficient (Wildman–Crippen LogP) is 2.33. The number of hydrogen-bond donors (Lipinski definition) is 1. The van der Waals surface area contributed by atoms with E-state index in [2.05, 4.69) is 4.99 Å². The van der Waals surface area contributed by atoms with Gasteiger partial charge in [-0.05, 0) is 42.5 Å². The van der Waals surface area contributed by atoms with Crippen LogP contribution < -0.4 is 15.2 Å². The average Bonchev–Trinajstić information content (AvgIpc) is 2.77. The Labute approximate surface area is 126 Å². The second-order valence-electron chi connectivity index (χ2n) is 4.65. The van der Waals surface area contributed by atoms with Crippen LogP contribution in [-0.2, 0) is 4.79 Å². The fourth-order valence-electron chi connectivity index (χ4n) is 2.21. The highest BCUT2D eigenvalue weighted by Gasteiger charge is 2.24. The quantitative estimate of drug-likeness (QED) is 0.849. The zero-order chi connectivity index (χ0) is 15.0. The zero-order valence-corrected chi connectivity index (χ0v) is 12.4. The number of nitrogens with two attached hydrogens (primary N) is 1. The molecule has 2 N–H and O–H groups in total. The lowest BCUT2D eigenvalue weighted by molar-refractivity contribution is -0.113. The van der Waals surface area contributed by atoms with Crippen LogP contribution in [0.3, 0.4) is 0 Å². The van der Waals surface area contributed by atoms with Gasteiger partial charge in [0.1, 0.15) is 6.10 Å². The maximum absolute atomic E-state index is 11.7. The van der Waals surface area contributed by atoms with Gasteiger partial charge in [-0.15, -0.1) is 0 Å². The van der Waals surface area contributed by atoms with E-state index in [-0.39, 0.29) is 17.2 Å². The van der Waals surface area contributed by atoms with Gasteiger partial charge in [0.05, 0.1) is 12.0 Å². The Morgan fingerprint density at radius 2 is 2.29 bits per heavy atom. The van der Waals surface area contributed by atoms with Crippen molar-refractivity contribution in [2.45, 2.75) is 13.0 Å². The number of aliphatic imine (C=N–C) groups is 1. The lowest BCUT2D eigenvalue weighted by atomic mass is 10.0. The van der Waals surface area contributed by atoms with Gasteiger partial charge in [0.25, 0.3) is 5.91 Å². The van der Waals surface area contributed by atoms with E-state index in [1.165, 1.54) is 11.8 Å². The molecule has 0 saturated carbocycles. The number of hydrogen-bond acceptors (Lipinski definition) is 5. The van der Waals surface area contributed by atoms with Gasteiger partial charge in [0.15, 0.2) is 16.7 Å². The second kappa shape index (κ2) is 5.29. The molecule has 21 heavy (non-hydrogen) atoms. The molecule has 1 atom stereocenters. The molecule has 2 aliphatic rings. The summed E-state index contributed by atoms with van der Waals surface area (Å²) in [5.41, 5.74) is 7.37. The number of fused-ring (bicyclic) bond motifs is 1. The molecule has 0 bridgehead atoms. The first-order chi connectivity index (χ1) is 10.1. The van der Waals surface area contributed by atoms with Crippen molar-refractivity contribution in [3.05, 3.63) is 40.3 Å². The van der Waals surface area contributed by atoms with Crippen molar-refractivity contribution in [3.8, 4) is 11.5 Å². The molecule has 1 unspecified atom stereocenters. The number of thioether (sulfide) groups is 1. The second-order valence-corrected chi connectivity index (χ2v) is 5.71. The lowest BCUT2D eigenvalue weighted by Gasteiger charge is -2.24. The Kier molecular flexibility index (Phi) is 3.47. The number of carbonyl (C=O) groups excluding carboxylic acids is 1. The Morgan fingerprint density at radius 3 is 2.95 bits per heavy atom. The summed E-state index contributed by atoms with van der Waals surface area (Å²) in [5.74, 6) is 1.11. The molecule has 0 aliphatic carbocycles. The molecule has 2 aliphatic heterocycles. The number of rotatable bonds is 2. The summed E-state index contributed by atoms with van der Waals surface area (Å²) in [5, 5.41) is 0.276. The van der Waals surface area contributed by atoms with Gasteiger partial charge in [-0.25, -0.2) is 0 Å². The Morgan fingerprint density at radius 1 is 1.48 bits per heavy atom. The van der Waals surface area contributed by atoms with E-state index >= 15 is 0 Å². The van der Waals surface area contributed by atoms with Crippen molar-refractivity contribution in [1.29, 1.82) is 0 Å². The number of ether oxygens (including phenoxy) is 2. The smallest absolute Gasteiger partial charge is 0.286 e. The number of methoxy groups -OCH3 is 1. The molecule has 1 amide bonds. The third-order valence-corrected chi connectivity index (χ3v) is 4.06. The van der Waals surface area contributed by atoms with Gasteiger partial charge < -0.3 is 15.2 Å². The molecule has 108 valence electrons. The molecule has 5 nitrogen and oxygen atoms in total. The fourth-order valence-corrected chi connectivity index (χ4v) is 2.89. The molecule has 1 aromatic rings. The standard InChI is InChI=1S/C15H14N2O3S/c1-8-10(7-12-14(18)17-15(16)21-12)6-9-4-3-5-11(19-2)13(9)20-8/h3-8H,1-2H3,(H2,16,17,18). The van der Waals surface area contributed by atoms with Crippen LogP contribution in [0.25, 0.3) is 6.08 Å². The fraction of sp³-hybridized carbons (Fsp3) is 0.200. The molecule has 0 fully saturated rings. The summed E-state index contributed by atoms with van der Waals surface area (Å²) in [6.07, 6.45) is 3.58. The van der Waals surface area contributed by atoms with Crippen molar-refractivity contribution in [2.24, 2.45) is 10.7 Å². The van der Waals surface area contributed by atoms with E-state index in [1.54, 1.807) is 13.2 Å². The predicted molar refractivity (Wildman–Crippen MR) is 83.4 cm³/mol. The maximum Gasteiger partial charge on any atom is 0.286 e. The molecule has 1 aromatic carbocycles. The highest BCUT2D eigenvalue weighted by atomic mass is 32.2. The molecular formula is C15H14N2O3S. The van der Waals surface area contributed by atoms with Gasteiger partial charge in [-0.2, -0.15) is 4.99 Å². The highest BCUT2D eigenvalue weighted by Crippen LogP contribution is 2.38. The third-order valence-electron chi connectivity index (χ3n) is 3.25. The van der Waals surface area contributed by atoms with Gasteiger partial charge in [0.2, 0.25) is 0 Å². The number of amidine groups is 1. The van der Waals surface area contributed by atoms with E-state index in [0.717, 1.165) is 16.9 Å². The SMILES string of the molecule is COc1cccc2c1OC(C)C(C=C1SC(N)=NC1=O)=C2. The van der Waals surface area contributed by atoms with Crippen LogP contribution >= 0.6 is 11.8 Å². The molecule has 2 heterocycles. The van der Waals surface area contributed by atoms with Crippen LogP contribution in [0.2, 0.25) is 0 Å². The largest absolute Gasteiger partial charge is 0.493 e. The summed E-state index contributed by atoms with van der Waals surface area (Å²) in [4.78, 5) is 15.9. The number of para-hydroxylation sites is 1. The van der Waals surface area contributed by atoms with E-state index in [4.69, 9.17) is 15.2 Å². The van der Waals surface area contributed by atoms with Crippen molar-refractivity contribution in [2.75, 3.05) is 7.11 Å². The third kappa shape index (κ3) is 2.54. The molecule has 0 saturated heterocycles. The molecule has 3 rings (SSSR count). The molecule has 0 spiro atoms. The summed E-state index contributed by atoms with van der Waals surface area (Å²) >= 11 is 1.18. The highest BCUT2D eigenvalue weighted by molar-refractivity contribution is 8.18. The topological polar surface area (TPSA) is 73.9 Å². The van der Waals surface area contributed by atoms with Gasteiger partial charge in [-0.3, -0.25) is 4.79 Å². The molecular weight excluding hydrogens is 288 g/mol. The average molecular weight is 302 g/mol. The van der Waals surface area contributed by atoms with Crippen LogP contribution in [0.1, 0.15) is 12.5 Å².